The number of pyridine rings is 1. The lowest BCUT2D eigenvalue weighted by molar-refractivity contribution is 0.0947. The molecule has 0 aliphatic carbocycles. The molecule has 0 aliphatic heterocycles. The van der Waals surface area contributed by atoms with Crippen LogP contribution in [-0.4, -0.2) is 24.0 Å². The van der Waals surface area contributed by atoms with E-state index in [0.29, 0.717) is 23.9 Å². The predicted octanol–water partition coefficient (Wildman–Crippen LogP) is 3.85. The lowest BCUT2D eigenvalue weighted by Crippen LogP contribution is -2.28. The maximum atomic E-state index is 12.0. The summed E-state index contributed by atoms with van der Waals surface area (Å²) in [6.07, 6.45) is 2.73. The SMILES string of the molecule is O=C(NCCOc1cccc(Cl)c1)c1c(Cl)cncc1Cl. The van der Waals surface area contributed by atoms with Crippen LogP contribution >= 0.6 is 34.8 Å². The Morgan fingerprint density at radius 3 is 2.57 bits per heavy atom. The van der Waals surface area contributed by atoms with Gasteiger partial charge in [-0.25, -0.2) is 0 Å². The molecule has 7 heteroatoms. The van der Waals surface area contributed by atoms with E-state index in [1.807, 2.05) is 0 Å². The van der Waals surface area contributed by atoms with Crippen molar-refractivity contribution in [1.29, 1.82) is 0 Å². The van der Waals surface area contributed by atoms with Crippen molar-refractivity contribution in [2.75, 3.05) is 13.2 Å². The number of carbonyl (C=O) groups is 1. The lowest BCUT2D eigenvalue weighted by Gasteiger charge is -2.09. The molecule has 0 radical (unpaired) electrons. The normalized spacial score (nSPS) is 10.2. The van der Waals surface area contributed by atoms with Gasteiger partial charge in [-0.15, -0.1) is 0 Å². The minimum absolute atomic E-state index is 0.204. The molecule has 0 atom stereocenters. The summed E-state index contributed by atoms with van der Waals surface area (Å²) in [7, 11) is 0. The molecular weight excluding hydrogens is 335 g/mol. The molecule has 2 rings (SSSR count). The van der Waals surface area contributed by atoms with Crippen molar-refractivity contribution in [3.8, 4) is 5.75 Å². The zero-order valence-electron chi connectivity index (χ0n) is 10.8. The first kappa shape index (κ1) is 15.9. The second-order valence-corrected chi connectivity index (χ2v) is 5.29. The van der Waals surface area contributed by atoms with Gasteiger partial charge in [0.25, 0.3) is 5.91 Å². The van der Waals surface area contributed by atoms with Gasteiger partial charge in [-0.3, -0.25) is 9.78 Å². The molecular formula is C14H11Cl3N2O2. The third-order valence-electron chi connectivity index (χ3n) is 2.53. The maximum Gasteiger partial charge on any atom is 0.254 e. The zero-order valence-corrected chi connectivity index (χ0v) is 13.0. The topological polar surface area (TPSA) is 51.2 Å². The number of nitrogens with one attached hydrogen (secondary N) is 1. The summed E-state index contributed by atoms with van der Waals surface area (Å²) < 4.78 is 5.46. The number of hydrogen-bond donors (Lipinski definition) is 1. The molecule has 0 spiro atoms. The molecule has 4 nitrogen and oxygen atoms in total. The van der Waals surface area contributed by atoms with E-state index in [9.17, 15) is 4.79 Å². The highest BCUT2D eigenvalue weighted by Crippen LogP contribution is 2.22. The van der Waals surface area contributed by atoms with Crippen molar-refractivity contribution < 1.29 is 9.53 Å². The molecule has 110 valence electrons. The summed E-state index contributed by atoms with van der Waals surface area (Å²) in [5, 5.41) is 3.67. The Morgan fingerprint density at radius 1 is 1.19 bits per heavy atom. The average Bonchev–Trinajstić information content (AvgIpc) is 2.43. The Labute approximate surface area is 137 Å². The number of ether oxygens (including phenoxy) is 1. The van der Waals surface area contributed by atoms with Crippen LogP contribution in [0.5, 0.6) is 5.75 Å². The van der Waals surface area contributed by atoms with Gasteiger partial charge in [0.1, 0.15) is 12.4 Å². The second kappa shape index (κ2) is 7.50. The molecule has 2 aromatic rings. The summed E-state index contributed by atoms with van der Waals surface area (Å²) in [5.41, 5.74) is 0.205. The molecule has 21 heavy (non-hydrogen) atoms. The maximum absolute atomic E-state index is 12.0. The molecule has 1 N–H and O–H groups in total. The summed E-state index contributed by atoms with van der Waals surface area (Å²) in [5.74, 6) is 0.263. The van der Waals surface area contributed by atoms with Crippen molar-refractivity contribution in [3.63, 3.8) is 0 Å². The van der Waals surface area contributed by atoms with Gasteiger partial charge in [-0.05, 0) is 18.2 Å². The molecule has 0 fully saturated rings. The highest BCUT2D eigenvalue weighted by molar-refractivity contribution is 6.39. The van der Waals surface area contributed by atoms with Crippen molar-refractivity contribution in [2.24, 2.45) is 0 Å². The van der Waals surface area contributed by atoms with Crippen LogP contribution in [0.3, 0.4) is 0 Å². The number of halogens is 3. The first-order chi connectivity index (χ1) is 10.1. The largest absolute Gasteiger partial charge is 0.492 e. The molecule has 0 aliphatic rings. The lowest BCUT2D eigenvalue weighted by atomic mass is 10.2. The Hall–Kier alpha value is -1.49. The number of carbonyl (C=O) groups excluding carboxylic acids is 1. The van der Waals surface area contributed by atoms with Crippen LogP contribution < -0.4 is 10.1 Å². The van der Waals surface area contributed by atoms with Crippen LogP contribution in [0.4, 0.5) is 0 Å². The van der Waals surface area contributed by atoms with Crippen molar-refractivity contribution >= 4 is 40.7 Å². The van der Waals surface area contributed by atoms with E-state index in [4.69, 9.17) is 39.5 Å². The van der Waals surface area contributed by atoms with Gasteiger partial charge >= 0.3 is 0 Å². The van der Waals surface area contributed by atoms with E-state index in [2.05, 4.69) is 10.3 Å². The van der Waals surface area contributed by atoms with Crippen LogP contribution in [0.25, 0.3) is 0 Å². The quantitative estimate of drug-likeness (QED) is 0.837. The van der Waals surface area contributed by atoms with Gasteiger partial charge in [0.05, 0.1) is 22.2 Å². The number of amides is 1. The molecule has 0 unspecified atom stereocenters. The average molecular weight is 346 g/mol. The number of benzene rings is 1. The minimum Gasteiger partial charge on any atom is -0.492 e. The van der Waals surface area contributed by atoms with E-state index >= 15 is 0 Å². The molecule has 1 aromatic heterocycles. The van der Waals surface area contributed by atoms with Gasteiger partial charge < -0.3 is 10.1 Å². The van der Waals surface area contributed by atoms with E-state index in [1.54, 1.807) is 24.3 Å². The number of rotatable bonds is 5. The summed E-state index contributed by atoms with van der Waals surface area (Å²) in [6, 6.07) is 7.01. The van der Waals surface area contributed by atoms with E-state index in [-0.39, 0.29) is 21.5 Å². The van der Waals surface area contributed by atoms with E-state index in [0.717, 1.165) is 0 Å². The van der Waals surface area contributed by atoms with E-state index < -0.39 is 0 Å². The van der Waals surface area contributed by atoms with Gasteiger partial charge in [0.2, 0.25) is 0 Å². The molecule has 0 saturated heterocycles. The van der Waals surface area contributed by atoms with Crippen LogP contribution in [0, 0.1) is 0 Å². The first-order valence-electron chi connectivity index (χ1n) is 6.03. The van der Waals surface area contributed by atoms with Gasteiger partial charge in [0, 0.05) is 17.4 Å². The summed E-state index contributed by atoms with van der Waals surface area (Å²) >= 11 is 17.6. The van der Waals surface area contributed by atoms with Crippen molar-refractivity contribution in [1.82, 2.24) is 10.3 Å². The molecule has 1 heterocycles. The Bertz CT molecular complexity index is 630. The number of hydrogen-bond acceptors (Lipinski definition) is 3. The monoisotopic (exact) mass is 344 g/mol. The molecule has 0 saturated carbocycles. The number of aromatic nitrogens is 1. The zero-order chi connectivity index (χ0) is 15.2. The summed E-state index contributed by atoms with van der Waals surface area (Å²) in [4.78, 5) is 15.8. The first-order valence-corrected chi connectivity index (χ1v) is 7.17. The Morgan fingerprint density at radius 2 is 1.90 bits per heavy atom. The highest BCUT2D eigenvalue weighted by atomic mass is 35.5. The van der Waals surface area contributed by atoms with Gasteiger partial charge in [-0.1, -0.05) is 40.9 Å². The third-order valence-corrected chi connectivity index (χ3v) is 3.34. The van der Waals surface area contributed by atoms with Crippen LogP contribution in [0.2, 0.25) is 15.1 Å². The Balaban J connectivity index is 1.85. The molecule has 1 amide bonds. The fourth-order valence-corrected chi connectivity index (χ4v) is 2.32. The van der Waals surface area contributed by atoms with Gasteiger partial charge in [-0.2, -0.15) is 0 Å². The van der Waals surface area contributed by atoms with Crippen LogP contribution in [-0.2, 0) is 0 Å². The van der Waals surface area contributed by atoms with Crippen molar-refractivity contribution in [2.45, 2.75) is 0 Å². The smallest absolute Gasteiger partial charge is 0.254 e. The van der Waals surface area contributed by atoms with Crippen molar-refractivity contribution in [3.05, 3.63) is 57.3 Å². The standard InChI is InChI=1S/C14H11Cl3N2O2/c15-9-2-1-3-10(6-9)21-5-4-19-14(20)13-11(16)7-18-8-12(13)17/h1-3,6-8H,4-5H2,(H,19,20). The second-order valence-electron chi connectivity index (χ2n) is 4.04. The molecule has 0 bridgehead atoms. The third kappa shape index (κ3) is 4.49. The van der Waals surface area contributed by atoms with Gasteiger partial charge in [0.15, 0.2) is 0 Å². The fraction of sp³-hybridized carbons (Fsp3) is 0.143. The fourth-order valence-electron chi connectivity index (χ4n) is 1.61. The minimum atomic E-state index is -0.373. The molecule has 1 aromatic carbocycles. The summed E-state index contributed by atoms with van der Waals surface area (Å²) in [6.45, 7) is 0.604. The highest BCUT2D eigenvalue weighted by Gasteiger charge is 2.14. The number of nitrogens with zero attached hydrogens (tertiary/aromatic N) is 1. The van der Waals surface area contributed by atoms with Crippen LogP contribution in [0.15, 0.2) is 36.7 Å². The van der Waals surface area contributed by atoms with E-state index in [1.165, 1.54) is 12.4 Å². The van der Waals surface area contributed by atoms with Crippen LogP contribution in [0.1, 0.15) is 10.4 Å². The Kier molecular flexibility index (Phi) is 5.67. The predicted molar refractivity (Wildman–Crippen MR) is 83.5 cm³/mol.